The summed E-state index contributed by atoms with van der Waals surface area (Å²) in [5, 5.41) is 0. The SMILES string of the molecule is C[N+]1(c2ccco2)CCCC1. The smallest absolute Gasteiger partial charge is 0.296 e. The van der Waals surface area contributed by atoms with Gasteiger partial charge in [-0.05, 0) is 6.07 Å². The lowest BCUT2D eigenvalue weighted by molar-refractivity contribution is 0.330. The van der Waals surface area contributed by atoms with Gasteiger partial charge in [0, 0.05) is 18.9 Å². The van der Waals surface area contributed by atoms with E-state index in [-0.39, 0.29) is 0 Å². The number of nitrogens with zero attached hydrogens (tertiary/aromatic N) is 1. The van der Waals surface area contributed by atoms with Crippen LogP contribution in [0.4, 0.5) is 5.88 Å². The van der Waals surface area contributed by atoms with Crippen LogP contribution < -0.4 is 4.48 Å². The third-order valence-corrected chi connectivity index (χ3v) is 2.59. The van der Waals surface area contributed by atoms with E-state index in [2.05, 4.69) is 13.1 Å². The van der Waals surface area contributed by atoms with Gasteiger partial charge in [0.2, 0.25) is 0 Å². The molecule has 0 N–H and O–H groups in total. The molecule has 0 unspecified atom stereocenters. The van der Waals surface area contributed by atoms with Gasteiger partial charge in [0.1, 0.15) is 0 Å². The van der Waals surface area contributed by atoms with Crippen molar-refractivity contribution < 1.29 is 4.42 Å². The molecule has 1 aliphatic heterocycles. The normalized spacial score (nSPS) is 22.3. The van der Waals surface area contributed by atoms with Crippen molar-refractivity contribution in [3.8, 4) is 0 Å². The van der Waals surface area contributed by atoms with Gasteiger partial charge >= 0.3 is 0 Å². The molecule has 0 bridgehead atoms. The Morgan fingerprint density at radius 2 is 2.09 bits per heavy atom. The van der Waals surface area contributed by atoms with E-state index in [1.807, 2.05) is 6.07 Å². The van der Waals surface area contributed by atoms with E-state index in [0.717, 1.165) is 10.4 Å². The fourth-order valence-corrected chi connectivity index (χ4v) is 1.83. The van der Waals surface area contributed by atoms with Gasteiger partial charge in [-0.1, -0.05) is 0 Å². The molecule has 2 heteroatoms. The first-order valence-electron chi connectivity index (χ1n) is 4.20. The topological polar surface area (TPSA) is 13.1 Å². The van der Waals surface area contributed by atoms with Crippen LogP contribution in [0, 0.1) is 0 Å². The van der Waals surface area contributed by atoms with Crippen molar-refractivity contribution in [1.82, 2.24) is 4.48 Å². The van der Waals surface area contributed by atoms with Gasteiger partial charge in [0.15, 0.2) is 0 Å². The number of hydrogen-bond donors (Lipinski definition) is 0. The Hall–Kier alpha value is -0.760. The van der Waals surface area contributed by atoms with E-state index in [9.17, 15) is 0 Å². The first-order valence-corrected chi connectivity index (χ1v) is 4.20. The minimum atomic E-state index is 0.993. The molecule has 11 heavy (non-hydrogen) atoms. The minimum Gasteiger partial charge on any atom is -0.421 e. The van der Waals surface area contributed by atoms with Crippen LogP contribution in [0.1, 0.15) is 12.8 Å². The van der Waals surface area contributed by atoms with Gasteiger partial charge in [-0.3, -0.25) is 4.48 Å². The summed E-state index contributed by atoms with van der Waals surface area (Å²) in [4.78, 5) is 0. The van der Waals surface area contributed by atoms with Crippen LogP contribution in [0.2, 0.25) is 0 Å². The Kier molecular flexibility index (Phi) is 1.50. The molecule has 0 spiro atoms. The van der Waals surface area contributed by atoms with Crippen LogP contribution in [-0.4, -0.2) is 20.1 Å². The second-order valence-electron chi connectivity index (χ2n) is 3.50. The molecule has 1 saturated heterocycles. The zero-order valence-electron chi connectivity index (χ0n) is 6.92. The number of furan rings is 1. The van der Waals surface area contributed by atoms with E-state index < -0.39 is 0 Å². The highest BCUT2D eigenvalue weighted by atomic mass is 16.3. The molecule has 1 aliphatic rings. The second kappa shape index (κ2) is 2.38. The average Bonchev–Trinajstić information content (AvgIpc) is 2.55. The van der Waals surface area contributed by atoms with E-state index in [1.54, 1.807) is 6.26 Å². The molecule has 1 aromatic rings. The van der Waals surface area contributed by atoms with Gasteiger partial charge in [-0.2, -0.15) is 0 Å². The number of likely N-dealkylation sites (tertiary alicyclic amines) is 1. The maximum Gasteiger partial charge on any atom is 0.296 e. The zero-order valence-corrected chi connectivity index (χ0v) is 6.92. The predicted octanol–water partition coefficient (Wildman–Crippen LogP) is 2.01. The highest BCUT2D eigenvalue weighted by Gasteiger charge is 2.31. The van der Waals surface area contributed by atoms with Gasteiger partial charge in [-0.15, -0.1) is 0 Å². The van der Waals surface area contributed by atoms with Crippen molar-refractivity contribution in [1.29, 1.82) is 0 Å². The Labute approximate surface area is 67.0 Å². The van der Waals surface area contributed by atoms with Crippen LogP contribution in [0.3, 0.4) is 0 Å². The van der Waals surface area contributed by atoms with E-state index >= 15 is 0 Å². The molecule has 0 aliphatic carbocycles. The maximum absolute atomic E-state index is 5.39. The van der Waals surface area contributed by atoms with Crippen molar-refractivity contribution in [2.45, 2.75) is 12.8 Å². The highest BCUT2D eigenvalue weighted by Crippen LogP contribution is 2.26. The molecule has 0 aromatic carbocycles. The van der Waals surface area contributed by atoms with Crippen LogP contribution >= 0.6 is 0 Å². The molecular weight excluding hydrogens is 138 g/mol. The molecule has 0 amide bonds. The Morgan fingerprint density at radius 1 is 1.36 bits per heavy atom. The van der Waals surface area contributed by atoms with Crippen LogP contribution in [0.15, 0.2) is 22.8 Å². The van der Waals surface area contributed by atoms with Crippen LogP contribution in [0.5, 0.6) is 0 Å². The van der Waals surface area contributed by atoms with Gasteiger partial charge in [-0.25, -0.2) is 0 Å². The monoisotopic (exact) mass is 152 g/mol. The molecule has 2 nitrogen and oxygen atoms in total. The molecule has 1 aromatic heterocycles. The highest BCUT2D eigenvalue weighted by molar-refractivity contribution is 5.30. The van der Waals surface area contributed by atoms with E-state index in [1.165, 1.54) is 25.9 Å². The zero-order chi connectivity index (χ0) is 7.73. The molecule has 0 saturated carbocycles. The van der Waals surface area contributed by atoms with Crippen molar-refractivity contribution in [3.63, 3.8) is 0 Å². The van der Waals surface area contributed by atoms with Gasteiger partial charge in [0.25, 0.3) is 5.88 Å². The van der Waals surface area contributed by atoms with Crippen LogP contribution in [-0.2, 0) is 0 Å². The summed E-state index contributed by atoms with van der Waals surface area (Å²) < 4.78 is 6.39. The third-order valence-electron chi connectivity index (χ3n) is 2.59. The summed E-state index contributed by atoms with van der Waals surface area (Å²) in [6.45, 7) is 2.46. The molecule has 2 rings (SSSR count). The van der Waals surface area contributed by atoms with E-state index in [4.69, 9.17) is 4.42 Å². The summed E-state index contributed by atoms with van der Waals surface area (Å²) in [7, 11) is 2.24. The molecular formula is C9H14NO+. The van der Waals surface area contributed by atoms with E-state index in [0.29, 0.717) is 0 Å². The summed E-state index contributed by atoms with van der Waals surface area (Å²) in [5.74, 6) is 1.11. The lowest BCUT2D eigenvalue weighted by Crippen LogP contribution is -2.41. The molecule has 1 fully saturated rings. The fraction of sp³-hybridized carbons (Fsp3) is 0.556. The van der Waals surface area contributed by atoms with Crippen molar-refractivity contribution in [3.05, 3.63) is 18.4 Å². The lowest BCUT2D eigenvalue weighted by atomic mass is 10.4. The second-order valence-corrected chi connectivity index (χ2v) is 3.50. The molecule has 2 heterocycles. The number of rotatable bonds is 1. The van der Waals surface area contributed by atoms with Crippen molar-refractivity contribution in [2.75, 3.05) is 20.1 Å². The molecule has 0 radical (unpaired) electrons. The minimum absolute atomic E-state index is 0.993. The first kappa shape index (κ1) is 6.92. The van der Waals surface area contributed by atoms with Gasteiger partial charge in [0.05, 0.1) is 26.4 Å². The fourth-order valence-electron chi connectivity index (χ4n) is 1.83. The standard InChI is InChI=1S/C9H14NO/c1-10(6-2-3-7-10)9-5-4-8-11-9/h4-5,8H,2-3,6-7H2,1H3/q+1. The third kappa shape index (κ3) is 1.07. The summed E-state index contributed by atoms with van der Waals surface area (Å²) in [6, 6.07) is 4.04. The number of hydrogen-bond acceptors (Lipinski definition) is 1. The largest absolute Gasteiger partial charge is 0.421 e. The van der Waals surface area contributed by atoms with Gasteiger partial charge < -0.3 is 4.42 Å². The summed E-state index contributed by atoms with van der Waals surface area (Å²) >= 11 is 0. The summed E-state index contributed by atoms with van der Waals surface area (Å²) in [5.41, 5.74) is 0. The Balaban J connectivity index is 2.27. The maximum atomic E-state index is 5.39. The van der Waals surface area contributed by atoms with Crippen LogP contribution in [0.25, 0.3) is 0 Å². The lowest BCUT2D eigenvalue weighted by Gasteiger charge is -2.24. The first-order chi connectivity index (χ1) is 5.31. The molecule has 60 valence electrons. The predicted molar refractivity (Wildman–Crippen MR) is 45.4 cm³/mol. The Bertz CT molecular complexity index is 222. The van der Waals surface area contributed by atoms with Crippen molar-refractivity contribution in [2.24, 2.45) is 0 Å². The van der Waals surface area contributed by atoms with Crippen molar-refractivity contribution >= 4 is 5.88 Å². The Morgan fingerprint density at radius 3 is 2.64 bits per heavy atom. The number of quaternary nitrogens is 1. The average molecular weight is 152 g/mol. The molecule has 0 atom stereocenters. The summed E-state index contributed by atoms with van der Waals surface area (Å²) in [6.07, 6.45) is 4.42. The quantitative estimate of drug-likeness (QED) is 0.561.